The lowest BCUT2D eigenvalue weighted by Gasteiger charge is -2.33. The number of sulfonamides is 1. The standard InChI is InChI=1S/C27H35ClN4O3S2/c1-5-30(6-2)17-18-32(27-29-24-19(3)7-8-20(4)25(24)36-27)26(33)21-13-15-31(16-14-21)37(34,35)23-11-9-22(28)10-12-23/h7-12,21H,5-6,13-18H2,1-4H3. The topological polar surface area (TPSA) is 73.8 Å². The van der Waals surface area contributed by atoms with Gasteiger partial charge in [0, 0.05) is 37.1 Å². The fourth-order valence-corrected chi connectivity index (χ4v) is 7.50. The molecule has 10 heteroatoms. The van der Waals surface area contributed by atoms with Gasteiger partial charge in [-0.1, -0.05) is 48.9 Å². The Morgan fingerprint density at radius 1 is 1.03 bits per heavy atom. The second-order valence-corrected chi connectivity index (χ2v) is 12.9. The Balaban J connectivity index is 1.54. The summed E-state index contributed by atoms with van der Waals surface area (Å²) in [6.45, 7) is 12.1. The Labute approximate surface area is 229 Å². The summed E-state index contributed by atoms with van der Waals surface area (Å²) < 4.78 is 28.8. The number of rotatable bonds is 9. The zero-order valence-corrected chi connectivity index (χ0v) is 24.3. The van der Waals surface area contributed by atoms with Gasteiger partial charge < -0.3 is 4.90 Å². The van der Waals surface area contributed by atoms with Gasteiger partial charge in [0.05, 0.1) is 15.1 Å². The van der Waals surface area contributed by atoms with E-state index in [-0.39, 0.29) is 16.7 Å². The fourth-order valence-electron chi connectivity index (χ4n) is 4.76. The van der Waals surface area contributed by atoms with Crippen molar-refractivity contribution in [1.82, 2.24) is 14.2 Å². The van der Waals surface area contributed by atoms with Crippen LogP contribution in [0, 0.1) is 19.8 Å². The van der Waals surface area contributed by atoms with Crippen LogP contribution in [0.15, 0.2) is 41.3 Å². The van der Waals surface area contributed by atoms with Gasteiger partial charge in [-0.3, -0.25) is 9.69 Å². The summed E-state index contributed by atoms with van der Waals surface area (Å²) >= 11 is 7.50. The van der Waals surface area contributed by atoms with Gasteiger partial charge in [0.25, 0.3) is 0 Å². The molecule has 1 aliphatic heterocycles. The average Bonchev–Trinajstić information content (AvgIpc) is 3.35. The highest BCUT2D eigenvalue weighted by Crippen LogP contribution is 2.35. The first kappa shape index (κ1) is 28.0. The van der Waals surface area contributed by atoms with Gasteiger partial charge in [0.2, 0.25) is 15.9 Å². The quantitative estimate of drug-likeness (QED) is 0.352. The number of piperidine rings is 1. The van der Waals surface area contributed by atoms with Crippen molar-refractivity contribution in [2.24, 2.45) is 5.92 Å². The van der Waals surface area contributed by atoms with Crippen molar-refractivity contribution in [2.75, 3.05) is 44.2 Å². The molecule has 200 valence electrons. The maximum atomic E-state index is 13.9. The van der Waals surface area contributed by atoms with E-state index >= 15 is 0 Å². The molecule has 0 atom stereocenters. The highest BCUT2D eigenvalue weighted by Gasteiger charge is 2.35. The van der Waals surface area contributed by atoms with E-state index in [2.05, 4.69) is 37.8 Å². The van der Waals surface area contributed by atoms with Crippen molar-refractivity contribution < 1.29 is 13.2 Å². The van der Waals surface area contributed by atoms with Gasteiger partial charge in [-0.25, -0.2) is 13.4 Å². The number of anilines is 1. The number of halogens is 1. The van der Waals surface area contributed by atoms with Gasteiger partial charge in [-0.2, -0.15) is 4.31 Å². The predicted molar refractivity (Wildman–Crippen MR) is 152 cm³/mol. The number of aromatic nitrogens is 1. The maximum absolute atomic E-state index is 13.9. The lowest BCUT2D eigenvalue weighted by atomic mass is 9.96. The van der Waals surface area contributed by atoms with Crippen LogP contribution in [-0.4, -0.2) is 67.8 Å². The maximum Gasteiger partial charge on any atom is 0.243 e. The molecule has 0 bridgehead atoms. The van der Waals surface area contributed by atoms with Crippen molar-refractivity contribution in [2.45, 2.75) is 45.4 Å². The van der Waals surface area contributed by atoms with Crippen LogP contribution in [-0.2, 0) is 14.8 Å². The Kier molecular flexibility index (Phi) is 8.91. The number of aryl methyl sites for hydroxylation is 2. The van der Waals surface area contributed by atoms with Crippen LogP contribution in [0.3, 0.4) is 0 Å². The lowest BCUT2D eigenvalue weighted by Crippen LogP contribution is -2.46. The predicted octanol–water partition coefficient (Wildman–Crippen LogP) is 5.34. The third-order valence-electron chi connectivity index (χ3n) is 7.22. The van der Waals surface area contributed by atoms with E-state index < -0.39 is 10.0 Å². The molecule has 1 aromatic heterocycles. The molecule has 37 heavy (non-hydrogen) atoms. The molecule has 0 radical (unpaired) electrons. The largest absolute Gasteiger partial charge is 0.302 e. The van der Waals surface area contributed by atoms with Crippen molar-refractivity contribution >= 4 is 54.2 Å². The molecule has 4 rings (SSSR count). The zero-order valence-electron chi connectivity index (χ0n) is 21.9. The van der Waals surface area contributed by atoms with E-state index in [0.717, 1.165) is 46.1 Å². The molecule has 1 fully saturated rings. The van der Waals surface area contributed by atoms with Gasteiger partial charge in [-0.05, 0) is 75.2 Å². The molecular formula is C27H35ClN4O3S2. The summed E-state index contributed by atoms with van der Waals surface area (Å²) in [7, 11) is -3.62. The summed E-state index contributed by atoms with van der Waals surface area (Å²) in [4.78, 5) is 23.2. The SMILES string of the molecule is CCN(CC)CCN(C(=O)C1CCN(S(=O)(=O)c2ccc(Cl)cc2)CC1)c1nc2c(C)ccc(C)c2s1. The first-order chi connectivity index (χ1) is 17.6. The Morgan fingerprint density at radius 3 is 2.24 bits per heavy atom. The Hall–Kier alpha value is -2.04. The molecule has 7 nitrogen and oxygen atoms in total. The summed E-state index contributed by atoms with van der Waals surface area (Å²) in [5.41, 5.74) is 3.20. The summed E-state index contributed by atoms with van der Waals surface area (Å²) in [6.07, 6.45) is 0.965. The van der Waals surface area contributed by atoms with Crippen molar-refractivity contribution in [3.63, 3.8) is 0 Å². The van der Waals surface area contributed by atoms with Crippen LogP contribution in [0.25, 0.3) is 10.2 Å². The molecule has 3 aromatic rings. The number of thiazole rings is 1. The van der Waals surface area contributed by atoms with Crippen LogP contribution in [0.2, 0.25) is 5.02 Å². The van der Waals surface area contributed by atoms with Gasteiger partial charge in [0.15, 0.2) is 5.13 Å². The highest BCUT2D eigenvalue weighted by atomic mass is 35.5. The molecule has 0 aliphatic carbocycles. The monoisotopic (exact) mass is 562 g/mol. The fraction of sp³-hybridized carbons (Fsp3) is 0.481. The number of amides is 1. The van der Waals surface area contributed by atoms with E-state index in [1.54, 1.807) is 23.5 Å². The lowest BCUT2D eigenvalue weighted by molar-refractivity contribution is -0.123. The zero-order chi connectivity index (χ0) is 26.7. The van der Waals surface area contributed by atoms with E-state index in [9.17, 15) is 13.2 Å². The van der Waals surface area contributed by atoms with Crippen LogP contribution in [0.4, 0.5) is 5.13 Å². The molecule has 1 aliphatic rings. The summed E-state index contributed by atoms with van der Waals surface area (Å²) in [5, 5.41) is 1.22. The van der Waals surface area contributed by atoms with Gasteiger partial charge in [-0.15, -0.1) is 0 Å². The van der Waals surface area contributed by atoms with Crippen molar-refractivity contribution in [3.8, 4) is 0 Å². The molecule has 2 heterocycles. The first-order valence-electron chi connectivity index (χ1n) is 12.8. The number of hydrogen-bond donors (Lipinski definition) is 0. The minimum Gasteiger partial charge on any atom is -0.302 e. The minimum absolute atomic E-state index is 0.0325. The summed E-state index contributed by atoms with van der Waals surface area (Å²) in [5.74, 6) is -0.215. The summed E-state index contributed by atoms with van der Waals surface area (Å²) in [6, 6.07) is 10.4. The molecule has 2 aromatic carbocycles. The van der Waals surface area contributed by atoms with Crippen molar-refractivity contribution in [3.05, 3.63) is 52.5 Å². The second-order valence-electron chi connectivity index (χ2n) is 9.52. The second kappa shape index (κ2) is 11.8. The van der Waals surface area contributed by atoms with Crippen LogP contribution >= 0.6 is 22.9 Å². The number of hydrogen-bond acceptors (Lipinski definition) is 6. The smallest absolute Gasteiger partial charge is 0.243 e. The number of carbonyl (C=O) groups is 1. The molecule has 0 N–H and O–H groups in total. The van der Waals surface area contributed by atoms with Crippen LogP contribution < -0.4 is 4.90 Å². The first-order valence-corrected chi connectivity index (χ1v) is 15.4. The van der Waals surface area contributed by atoms with Crippen LogP contribution in [0.1, 0.15) is 37.8 Å². The number of benzene rings is 2. The third kappa shape index (κ3) is 6.01. The molecule has 0 unspecified atom stereocenters. The normalized spacial score (nSPS) is 15.5. The van der Waals surface area contributed by atoms with E-state index in [1.165, 1.54) is 16.4 Å². The number of nitrogens with zero attached hydrogens (tertiary/aromatic N) is 4. The van der Waals surface area contributed by atoms with Gasteiger partial charge >= 0.3 is 0 Å². The van der Waals surface area contributed by atoms with Crippen molar-refractivity contribution in [1.29, 1.82) is 0 Å². The average molecular weight is 563 g/mol. The number of carbonyl (C=O) groups excluding carboxylic acids is 1. The molecule has 0 saturated carbocycles. The van der Waals surface area contributed by atoms with E-state index in [1.807, 2.05) is 11.8 Å². The number of likely N-dealkylation sites (N-methyl/N-ethyl adjacent to an activating group) is 1. The number of fused-ring (bicyclic) bond motifs is 1. The molecular weight excluding hydrogens is 528 g/mol. The molecule has 0 spiro atoms. The Bertz CT molecular complexity index is 1310. The minimum atomic E-state index is -3.62. The Morgan fingerprint density at radius 2 is 1.65 bits per heavy atom. The van der Waals surface area contributed by atoms with Crippen LogP contribution in [0.5, 0.6) is 0 Å². The third-order valence-corrected chi connectivity index (χ3v) is 10.6. The molecule has 1 amide bonds. The highest BCUT2D eigenvalue weighted by molar-refractivity contribution is 7.89. The van der Waals surface area contributed by atoms with Gasteiger partial charge in [0.1, 0.15) is 0 Å². The van der Waals surface area contributed by atoms with E-state index in [4.69, 9.17) is 16.6 Å². The van der Waals surface area contributed by atoms with E-state index in [0.29, 0.717) is 37.5 Å². The molecule has 1 saturated heterocycles.